The largest absolute Gasteiger partial charge is 0.480 e. The van der Waals surface area contributed by atoms with Crippen molar-refractivity contribution in [1.82, 2.24) is 5.32 Å². The Bertz CT molecular complexity index is 87.0. The van der Waals surface area contributed by atoms with Gasteiger partial charge in [-0.25, -0.2) is 0 Å². The Hall–Kier alpha value is -0.650. The fourth-order valence-electron chi connectivity index (χ4n) is 0.307. The second-order valence-corrected chi connectivity index (χ2v) is 1.50. The third kappa shape index (κ3) is 7.35. The van der Waals surface area contributed by atoms with Gasteiger partial charge in [-0.3, -0.25) is 4.79 Å². The highest BCUT2D eigenvalue weighted by Crippen LogP contribution is 1.71. The molecule has 62 valence electrons. The first kappa shape index (κ1) is 12.1. The molecule has 0 amide bonds. The standard InChI is InChI=1S/C4H10N2O2.CH4O/c1-6-2-3(5)4(7)8;1-2/h3,6H,2,5H2,1H3,(H,7,8);2H,1H3. The Morgan fingerprint density at radius 2 is 2.10 bits per heavy atom. The van der Waals surface area contributed by atoms with Crippen molar-refractivity contribution in [2.24, 2.45) is 5.73 Å². The lowest BCUT2D eigenvalue weighted by Gasteiger charge is -2.02. The minimum Gasteiger partial charge on any atom is -0.480 e. The number of hydrogen-bond donors (Lipinski definition) is 4. The van der Waals surface area contributed by atoms with Crippen LogP contribution in [0.25, 0.3) is 0 Å². The summed E-state index contributed by atoms with van der Waals surface area (Å²) >= 11 is 0. The van der Waals surface area contributed by atoms with Gasteiger partial charge in [0.05, 0.1) is 0 Å². The highest BCUT2D eigenvalue weighted by molar-refractivity contribution is 5.73. The number of nitrogens with two attached hydrogens (primary N) is 1. The highest BCUT2D eigenvalue weighted by Gasteiger charge is 2.07. The van der Waals surface area contributed by atoms with Crippen LogP contribution in [0.4, 0.5) is 0 Å². The van der Waals surface area contributed by atoms with E-state index in [2.05, 4.69) is 5.32 Å². The average molecular weight is 150 g/mol. The predicted molar refractivity (Wildman–Crippen MR) is 37.7 cm³/mol. The molecule has 0 aromatic heterocycles. The lowest BCUT2D eigenvalue weighted by molar-refractivity contribution is -0.138. The molecule has 0 aromatic carbocycles. The Labute approximate surface area is 59.8 Å². The van der Waals surface area contributed by atoms with Gasteiger partial charge in [0, 0.05) is 13.7 Å². The van der Waals surface area contributed by atoms with E-state index in [0.29, 0.717) is 6.54 Å². The lowest BCUT2D eigenvalue weighted by atomic mass is 10.3. The zero-order chi connectivity index (χ0) is 8.57. The van der Waals surface area contributed by atoms with Crippen molar-refractivity contribution < 1.29 is 15.0 Å². The van der Waals surface area contributed by atoms with Crippen molar-refractivity contribution in [1.29, 1.82) is 0 Å². The number of hydrogen-bond acceptors (Lipinski definition) is 4. The van der Waals surface area contributed by atoms with Crippen molar-refractivity contribution in [2.45, 2.75) is 6.04 Å². The molecule has 5 heteroatoms. The van der Waals surface area contributed by atoms with Crippen molar-refractivity contribution in [3.63, 3.8) is 0 Å². The van der Waals surface area contributed by atoms with Crippen LogP contribution in [0, 0.1) is 0 Å². The lowest BCUT2D eigenvalue weighted by Crippen LogP contribution is -2.38. The van der Waals surface area contributed by atoms with E-state index in [1.165, 1.54) is 0 Å². The fourth-order valence-corrected chi connectivity index (χ4v) is 0.307. The molecule has 10 heavy (non-hydrogen) atoms. The van der Waals surface area contributed by atoms with E-state index in [-0.39, 0.29) is 0 Å². The number of aliphatic hydroxyl groups excluding tert-OH is 1. The molecular weight excluding hydrogens is 136 g/mol. The molecule has 0 saturated heterocycles. The summed E-state index contributed by atoms with van der Waals surface area (Å²) in [5, 5.41) is 17.8. The first-order valence-corrected chi connectivity index (χ1v) is 2.76. The van der Waals surface area contributed by atoms with Crippen LogP contribution in [0.1, 0.15) is 0 Å². The summed E-state index contributed by atoms with van der Waals surface area (Å²) in [6, 6.07) is -0.778. The molecule has 0 bridgehead atoms. The average Bonchev–Trinajstić information content (AvgIpc) is 1.93. The van der Waals surface area contributed by atoms with E-state index in [0.717, 1.165) is 7.11 Å². The summed E-state index contributed by atoms with van der Waals surface area (Å²) in [4.78, 5) is 9.92. The van der Waals surface area contributed by atoms with Crippen LogP contribution in [0.3, 0.4) is 0 Å². The second kappa shape index (κ2) is 8.35. The van der Waals surface area contributed by atoms with Gasteiger partial charge in [-0.05, 0) is 7.05 Å². The van der Waals surface area contributed by atoms with Crippen LogP contribution in [0.5, 0.6) is 0 Å². The van der Waals surface area contributed by atoms with E-state index in [9.17, 15) is 4.79 Å². The van der Waals surface area contributed by atoms with Crippen LogP contribution >= 0.6 is 0 Å². The molecule has 0 aliphatic heterocycles. The van der Waals surface area contributed by atoms with Crippen molar-refractivity contribution in [3.8, 4) is 0 Å². The van der Waals surface area contributed by atoms with E-state index in [1.807, 2.05) is 0 Å². The molecule has 0 radical (unpaired) electrons. The third-order valence-corrected chi connectivity index (χ3v) is 0.741. The topological polar surface area (TPSA) is 95.6 Å². The van der Waals surface area contributed by atoms with Gasteiger partial charge < -0.3 is 21.3 Å². The number of aliphatic carboxylic acids is 1. The zero-order valence-corrected chi connectivity index (χ0v) is 6.16. The summed E-state index contributed by atoms with van der Waals surface area (Å²) in [6.45, 7) is 0.315. The smallest absolute Gasteiger partial charge is 0.321 e. The van der Waals surface area contributed by atoms with E-state index >= 15 is 0 Å². The molecule has 0 aromatic rings. The molecule has 5 N–H and O–H groups in total. The maximum Gasteiger partial charge on any atom is 0.321 e. The Morgan fingerprint density at radius 3 is 2.20 bits per heavy atom. The number of likely N-dealkylation sites (N-methyl/N-ethyl adjacent to an activating group) is 1. The molecule has 1 unspecified atom stereocenters. The van der Waals surface area contributed by atoms with Crippen LogP contribution in [0.2, 0.25) is 0 Å². The molecule has 0 fully saturated rings. The van der Waals surface area contributed by atoms with E-state index in [4.69, 9.17) is 15.9 Å². The molecular formula is C5H14N2O3. The zero-order valence-electron chi connectivity index (χ0n) is 6.16. The van der Waals surface area contributed by atoms with Crippen molar-refractivity contribution in [3.05, 3.63) is 0 Å². The molecule has 0 heterocycles. The number of nitrogens with one attached hydrogen (secondary N) is 1. The van der Waals surface area contributed by atoms with Gasteiger partial charge in [-0.1, -0.05) is 0 Å². The van der Waals surface area contributed by atoms with Crippen LogP contribution in [-0.2, 0) is 4.79 Å². The number of rotatable bonds is 3. The monoisotopic (exact) mass is 150 g/mol. The SMILES string of the molecule is CNCC(N)C(=O)O.CO. The maximum atomic E-state index is 9.92. The Kier molecular flexibility index (Phi) is 10.1. The summed E-state index contributed by atoms with van der Waals surface area (Å²) < 4.78 is 0. The van der Waals surface area contributed by atoms with Gasteiger partial charge in [-0.2, -0.15) is 0 Å². The van der Waals surface area contributed by atoms with E-state index in [1.54, 1.807) is 7.05 Å². The van der Waals surface area contributed by atoms with Crippen LogP contribution in [-0.4, -0.2) is 42.9 Å². The predicted octanol–water partition coefficient (Wildman–Crippen LogP) is -1.77. The van der Waals surface area contributed by atoms with Gasteiger partial charge in [-0.15, -0.1) is 0 Å². The van der Waals surface area contributed by atoms with Crippen LogP contribution in [0.15, 0.2) is 0 Å². The Morgan fingerprint density at radius 1 is 1.70 bits per heavy atom. The number of carboxylic acids is 1. The summed E-state index contributed by atoms with van der Waals surface area (Å²) in [6.07, 6.45) is 0. The fraction of sp³-hybridized carbons (Fsp3) is 0.800. The van der Waals surface area contributed by atoms with Gasteiger partial charge in [0.25, 0.3) is 0 Å². The number of carboxylic acid groups (broad SMARTS) is 1. The molecule has 0 rings (SSSR count). The number of carbonyl (C=O) groups is 1. The van der Waals surface area contributed by atoms with E-state index < -0.39 is 12.0 Å². The molecule has 0 aliphatic rings. The summed E-state index contributed by atoms with van der Waals surface area (Å²) in [5.41, 5.74) is 5.06. The summed E-state index contributed by atoms with van der Waals surface area (Å²) in [7, 11) is 2.66. The first-order valence-electron chi connectivity index (χ1n) is 2.76. The molecule has 0 spiro atoms. The minimum atomic E-state index is -0.973. The van der Waals surface area contributed by atoms with Crippen LogP contribution < -0.4 is 11.1 Å². The number of aliphatic hydroxyl groups is 1. The normalized spacial score (nSPS) is 11.2. The first-order chi connectivity index (χ1) is 4.68. The molecule has 0 saturated carbocycles. The van der Waals surface area contributed by atoms with Gasteiger partial charge in [0.1, 0.15) is 6.04 Å². The molecule has 0 aliphatic carbocycles. The van der Waals surface area contributed by atoms with Crippen molar-refractivity contribution >= 4 is 5.97 Å². The highest BCUT2D eigenvalue weighted by atomic mass is 16.4. The Balaban J connectivity index is 0. The minimum absolute atomic E-state index is 0.315. The molecule has 5 nitrogen and oxygen atoms in total. The quantitative estimate of drug-likeness (QED) is 0.382. The van der Waals surface area contributed by atoms with Gasteiger partial charge in [0.2, 0.25) is 0 Å². The maximum absolute atomic E-state index is 9.92. The van der Waals surface area contributed by atoms with Crippen molar-refractivity contribution in [2.75, 3.05) is 20.7 Å². The molecule has 1 atom stereocenters. The van der Waals surface area contributed by atoms with Gasteiger partial charge in [0.15, 0.2) is 0 Å². The van der Waals surface area contributed by atoms with Gasteiger partial charge >= 0.3 is 5.97 Å². The third-order valence-electron chi connectivity index (χ3n) is 0.741. The second-order valence-electron chi connectivity index (χ2n) is 1.50. The summed E-state index contributed by atoms with van der Waals surface area (Å²) in [5.74, 6) is -0.973.